The maximum atomic E-state index is 12.3. The van der Waals surface area contributed by atoms with Crippen molar-refractivity contribution in [3.8, 4) is 11.5 Å². The summed E-state index contributed by atoms with van der Waals surface area (Å²) < 4.78 is 10.9. The van der Waals surface area contributed by atoms with Crippen molar-refractivity contribution in [2.24, 2.45) is 0 Å². The van der Waals surface area contributed by atoms with Crippen LogP contribution < -0.4 is 76.6 Å². The van der Waals surface area contributed by atoms with E-state index in [4.69, 9.17) is 9.47 Å². The number of amides is 2. The molecule has 0 bridgehead atoms. The van der Waals surface area contributed by atoms with E-state index in [9.17, 15) is 14.7 Å². The molecule has 0 radical (unpaired) electrons. The predicted molar refractivity (Wildman–Crippen MR) is 100 cm³/mol. The summed E-state index contributed by atoms with van der Waals surface area (Å²) in [5.74, 6) is -0.231. The van der Waals surface area contributed by atoms with E-state index in [1.165, 1.54) is 0 Å². The molecule has 0 aliphatic carbocycles. The van der Waals surface area contributed by atoms with Crippen LogP contribution in [0.15, 0.2) is 48.7 Å². The monoisotopic (exact) mass is 419 g/mol. The van der Waals surface area contributed by atoms with Crippen LogP contribution in [-0.2, 0) is 11.2 Å². The van der Waals surface area contributed by atoms with Gasteiger partial charge in [0.15, 0.2) is 11.5 Å². The van der Waals surface area contributed by atoms with Crippen molar-refractivity contribution in [1.29, 1.82) is 0 Å². The minimum Gasteiger partial charge on any atom is -0.548 e. The van der Waals surface area contributed by atoms with Gasteiger partial charge in [0.05, 0.1) is 12.0 Å². The molecule has 29 heavy (non-hydrogen) atoms. The molecule has 144 valence electrons. The van der Waals surface area contributed by atoms with Gasteiger partial charge in [-0.05, 0) is 23.8 Å². The van der Waals surface area contributed by atoms with E-state index in [1.54, 1.807) is 24.4 Å². The van der Waals surface area contributed by atoms with Gasteiger partial charge < -0.3 is 35.0 Å². The van der Waals surface area contributed by atoms with Gasteiger partial charge in [0.1, 0.15) is 13.2 Å². The first-order chi connectivity index (χ1) is 13.6. The summed E-state index contributed by atoms with van der Waals surface area (Å²) in [5.41, 5.74) is 2.14. The number of aromatic amines is 1. The number of rotatable bonds is 5. The fourth-order valence-corrected chi connectivity index (χ4v) is 3.16. The third-order valence-electron chi connectivity index (χ3n) is 4.49. The molecule has 0 unspecified atom stereocenters. The van der Waals surface area contributed by atoms with E-state index in [0.717, 1.165) is 16.5 Å². The molecular formula is C20H18KN3O5. The second kappa shape index (κ2) is 9.64. The molecule has 4 rings (SSSR count). The first-order valence-corrected chi connectivity index (χ1v) is 8.83. The van der Waals surface area contributed by atoms with Gasteiger partial charge in [-0.3, -0.25) is 0 Å². The van der Waals surface area contributed by atoms with Crippen molar-refractivity contribution < 1.29 is 75.6 Å². The van der Waals surface area contributed by atoms with Crippen LogP contribution in [0.1, 0.15) is 5.56 Å². The number of aliphatic carboxylic acids is 1. The second-order valence-corrected chi connectivity index (χ2v) is 6.39. The Hall–Kier alpha value is -2.04. The number of benzene rings is 2. The molecule has 3 aromatic rings. The molecule has 2 amide bonds. The van der Waals surface area contributed by atoms with Gasteiger partial charge in [-0.1, -0.05) is 18.2 Å². The number of carbonyl (C=O) groups excluding carboxylic acids is 2. The molecule has 2 heterocycles. The molecule has 0 fully saturated rings. The van der Waals surface area contributed by atoms with Crippen molar-refractivity contribution in [3.05, 3.63) is 54.2 Å². The van der Waals surface area contributed by atoms with Gasteiger partial charge in [0.25, 0.3) is 0 Å². The van der Waals surface area contributed by atoms with Crippen LogP contribution in [-0.4, -0.2) is 36.2 Å². The van der Waals surface area contributed by atoms with Crippen LogP contribution in [0.3, 0.4) is 0 Å². The fourth-order valence-electron chi connectivity index (χ4n) is 3.16. The van der Waals surface area contributed by atoms with Crippen LogP contribution in [0.5, 0.6) is 11.5 Å². The third kappa shape index (κ3) is 5.12. The average molecular weight is 419 g/mol. The number of aromatic nitrogens is 1. The van der Waals surface area contributed by atoms with Crippen LogP contribution in [0, 0.1) is 0 Å². The minimum absolute atomic E-state index is 0. The molecule has 0 saturated heterocycles. The maximum Gasteiger partial charge on any atom is 1.00 e. The molecule has 1 aliphatic rings. The van der Waals surface area contributed by atoms with E-state index < -0.39 is 18.0 Å². The summed E-state index contributed by atoms with van der Waals surface area (Å²) in [7, 11) is 0. The molecule has 9 heteroatoms. The average Bonchev–Trinajstić information content (AvgIpc) is 3.10. The number of urea groups is 1. The number of hydrogen-bond acceptors (Lipinski definition) is 5. The Kier molecular flexibility index (Phi) is 7.20. The normalized spacial score (nSPS) is 13.2. The first-order valence-electron chi connectivity index (χ1n) is 8.83. The van der Waals surface area contributed by atoms with Crippen molar-refractivity contribution in [3.63, 3.8) is 0 Å². The number of fused-ring (bicyclic) bond motifs is 2. The molecule has 2 aromatic carbocycles. The van der Waals surface area contributed by atoms with E-state index in [-0.39, 0.29) is 57.8 Å². The van der Waals surface area contributed by atoms with Crippen molar-refractivity contribution in [2.45, 2.75) is 12.5 Å². The number of carboxylic acid groups (broad SMARTS) is 1. The summed E-state index contributed by atoms with van der Waals surface area (Å²) in [4.78, 5) is 26.9. The molecule has 1 aromatic heterocycles. The van der Waals surface area contributed by atoms with Gasteiger partial charge in [-0.25, -0.2) is 4.79 Å². The maximum absolute atomic E-state index is 12.3. The second-order valence-electron chi connectivity index (χ2n) is 6.39. The van der Waals surface area contributed by atoms with Crippen molar-refractivity contribution in [2.75, 3.05) is 18.5 Å². The molecule has 3 N–H and O–H groups in total. The third-order valence-corrected chi connectivity index (χ3v) is 4.49. The van der Waals surface area contributed by atoms with Crippen LogP contribution >= 0.6 is 0 Å². The molecule has 1 atom stereocenters. The summed E-state index contributed by atoms with van der Waals surface area (Å²) in [5, 5.41) is 17.5. The van der Waals surface area contributed by atoms with E-state index in [2.05, 4.69) is 15.6 Å². The molecule has 0 spiro atoms. The van der Waals surface area contributed by atoms with Crippen molar-refractivity contribution >= 4 is 28.6 Å². The SMILES string of the molecule is O=C(Nc1ccc2c(c1)OCCO2)N[C@H](Cc1c[nH]c2ccccc12)C(=O)[O-].[K+]. The van der Waals surface area contributed by atoms with Crippen LogP contribution in [0.2, 0.25) is 0 Å². The smallest absolute Gasteiger partial charge is 0.548 e. The number of ether oxygens (including phenoxy) is 2. The Morgan fingerprint density at radius 2 is 1.86 bits per heavy atom. The van der Waals surface area contributed by atoms with E-state index in [1.807, 2.05) is 24.3 Å². The topological polar surface area (TPSA) is 116 Å². The summed E-state index contributed by atoms with van der Waals surface area (Å²) in [6.45, 7) is 0.904. The number of para-hydroxylation sites is 1. The van der Waals surface area contributed by atoms with E-state index in [0.29, 0.717) is 30.4 Å². The number of nitrogens with one attached hydrogen (secondary N) is 3. The number of anilines is 1. The Balaban J connectivity index is 0.00000240. The van der Waals surface area contributed by atoms with Gasteiger partial charge in [-0.2, -0.15) is 0 Å². The zero-order valence-electron chi connectivity index (χ0n) is 15.9. The Morgan fingerprint density at radius 3 is 2.66 bits per heavy atom. The minimum atomic E-state index is -1.36. The quantitative estimate of drug-likeness (QED) is 0.432. The van der Waals surface area contributed by atoms with Gasteiger partial charge >= 0.3 is 57.4 Å². The predicted octanol–water partition coefficient (Wildman–Crippen LogP) is -1.57. The van der Waals surface area contributed by atoms with Crippen LogP contribution in [0.4, 0.5) is 10.5 Å². The number of carbonyl (C=O) groups is 2. The largest absolute Gasteiger partial charge is 1.00 e. The summed E-state index contributed by atoms with van der Waals surface area (Å²) >= 11 is 0. The summed E-state index contributed by atoms with van der Waals surface area (Å²) in [6, 6.07) is 10.7. The zero-order chi connectivity index (χ0) is 19.5. The molecular weight excluding hydrogens is 401 g/mol. The zero-order valence-corrected chi connectivity index (χ0v) is 19.0. The van der Waals surface area contributed by atoms with Crippen LogP contribution in [0.25, 0.3) is 10.9 Å². The number of hydrogen-bond donors (Lipinski definition) is 3. The number of carboxylic acids is 1. The van der Waals surface area contributed by atoms with Gasteiger partial charge in [0.2, 0.25) is 0 Å². The Bertz CT molecular complexity index is 1040. The fraction of sp³-hybridized carbons (Fsp3) is 0.200. The first kappa shape index (κ1) is 21.7. The Labute approximate surface area is 209 Å². The van der Waals surface area contributed by atoms with Gasteiger partial charge in [-0.15, -0.1) is 0 Å². The summed E-state index contributed by atoms with van der Waals surface area (Å²) in [6.07, 6.45) is 1.84. The van der Waals surface area contributed by atoms with Gasteiger partial charge in [0, 0.05) is 35.3 Å². The standard InChI is InChI=1S/C20H19N3O5.K/c24-19(25)16(9-12-11-21-15-4-2-1-3-14(12)15)23-20(26)22-13-5-6-17-18(10-13)28-8-7-27-17;/h1-6,10-11,16,21H,7-9H2,(H,24,25)(H2,22,23,26);/q;+1/p-1/t16-;/m1./s1. The molecule has 0 saturated carbocycles. The number of H-pyrrole nitrogens is 1. The Morgan fingerprint density at radius 1 is 1.10 bits per heavy atom. The van der Waals surface area contributed by atoms with E-state index >= 15 is 0 Å². The molecule has 8 nitrogen and oxygen atoms in total. The molecule has 1 aliphatic heterocycles. The van der Waals surface area contributed by atoms with Crippen molar-refractivity contribution in [1.82, 2.24) is 10.3 Å².